The Morgan fingerprint density at radius 1 is 1.23 bits per heavy atom. The number of nitrogens with zero attached hydrogens (tertiary/aromatic N) is 4. The summed E-state index contributed by atoms with van der Waals surface area (Å²) < 4.78 is 20.3. The van der Waals surface area contributed by atoms with Gasteiger partial charge in [-0.2, -0.15) is 0 Å². The lowest BCUT2D eigenvalue weighted by Gasteiger charge is -2.26. The molecule has 1 N–H and O–H groups in total. The highest BCUT2D eigenvalue weighted by Crippen LogP contribution is 2.34. The maximum absolute atomic E-state index is 14.1. The van der Waals surface area contributed by atoms with Crippen molar-refractivity contribution in [2.75, 3.05) is 31.1 Å². The third-order valence-corrected chi connectivity index (χ3v) is 7.18. The van der Waals surface area contributed by atoms with E-state index in [-0.39, 0.29) is 17.5 Å². The fraction of sp³-hybridized carbons (Fsp3) is 0.593. The lowest BCUT2D eigenvalue weighted by atomic mass is 9.89. The average Bonchev–Trinajstić information content (AvgIpc) is 3.34. The second-order valence-electron chi connectivity index (χ2n) is 9.98. The number of hydrogen-bond donors (Lipinski definition) is 1. The molecule has 2 heterocycles. The van der Waals surface area contributed by atoms with E-state index in [2.05, 4.69) is 20.2 Å². The molecule has 2 fully saturated rings. The number of rotatable bonds is 9. The van der Waals surface area contributed by atoms with Gasteiger partial charge in [0.1, 0.15) is 17.9 Å². The minimum atomic E-state index is -0.475. The maximum Gasteiger partial charge on any atom is 0.257 e. The zero-order valence-corrected chi connectivity index (χ0v) is 21.2. The van der Waals surface area contributed by atoms with Gasteiger partial charge in [0.15, 0.2) is 11.6 Å². The van der Waals surface area contributed by atoms with Gasteiger partial charge < -0.3 is 19.9 Å². The van der Waals surface area contributed by atoms with E-state index in [1.54, 1.807) is 11.1 Å². The van der Waals surface area contributed by atoms with Gasteiger partial charge in [-0.3, -0.25) is 4.79 Å². The summed E-state index contributed by atoms with van der Waals surface area (Å²) in [4.78, 5) is 25.7. The number of carbonyl (C=O) groups is 1. The monoisotopic (exact) mass is 483 g/mol. The molecule has 1 saturated carbocycles. The normalized spacial score (nSPS) is 18.8. The smallest absolute Gasteiger partial charge is 0.257 e. The Hall–Kier alpha value is -2.74. The van der Waals surface area contributed by atoms with Crippen LogP contribution in [0.15, 0.2) is 30.7 Å². The molecule has 0 bridgehead atoms. The molecule has 1 saturated heterocycles. The molecule has 1 aromatic heterocycles. The first-order valence-corrected chi connectivity index (χ1v) is 13.0. The number of halogens is 1. The average molecular weight is 484 g/mol. The van der Waals surface area contributed by atoms with Crippen LogP contribution < -0.4 is 15.0 Å². The van der Waals surface area contributed by atoms with E-state index in [0.717, 1.165) is 32.0 Å². The van der Waals surface area contributed by atoms with Gasteiger partial charge in [-0.15, -0.1) is 0 Å². The zero-order valence-electron chi connectivity index (χ0n) is 21.2. The number of anilines is 1. The highest BCUT2D eigenvalue weighted by Gasteiger charge is 2.28. The third-order valence-electron chi connectivity index (χ3n) is 7.18. The van der Waals surface area contributed by atoms with Crippen LogP contribution in [0.3, 0.4) is 0 Å². The number of nitrogens with one attached hydrogen (secondary N) is 1. The number of aromatic nitrogens is 2. The minimum absolute atomic E-state index is 0.0121. The first-order chi connectivity index (χ1) is 17.0. The van der Waals surface area contributed by atoms with E-state index < -0.39 is 5.82 Å². The van der Waals surface area contributed by atoms with E-state index in [1.807, 2.05) is 20.8 Å². The van der Waals surface area contributed by atoms with Crippen LogP contribution in [0.5, 0.6) is 11.5 Å². The lowest BCUT2D eigenvalue weighted by Crippen LogP contribution is -2.37. The Balaban J connectivity index is 1.48. The molecule has 35 heavy (non-hydrogen) atoms. The summed E-state index contributed by atoms with van der Waals surface area (Å²) in [6, 6.07) is 4.45. The van der Waals surface area contributed by atoms with Gasteiger partial charge in [-0.1, -0.05) is 19.3 Å². The fourth-order valence-corrected chi connectivity index (χ4v) is 5.24. The molecule has 1 atom stereocenters. The topological polar surface area (TPSA) is 70.6 Å². The molecule has 7 nitrogen and oxygen atoms in total. The second kappa shape index (κ2) is 11.8. The van der Waals surface area contributed by atoms with Crippen molar-refractivity contribution in [3.63, 3.8) is 0 Å². The summed E-state index contributed by atoms with van der Waals surface area (Å²) >= 11 is 0. The third kappa shape index (κ3) is 6.28. The second-order valence-corrected chi connectivity index (χ2v) is 9.98. The van der Waals surface area contributed by atoms with E-state index in [0.29, 0.717) is 29.9 Å². The number of carbonyl (C=O) groups excluding carboxylic acids is 1. The highest BCUT2D eigenvalue weighted by molar-refractivity contribution is 5.97. The zero-order chi connectivity index (χ0) is 24.8. The molecular formula is C27H38FN5O2. The summed E-state index contributed by atoms with van der Waals surface area (Å²) in [5.41, 5.74) is 0.198. The van der Waals surface area contributed by atoms with Crippen LogP contribution in [-0.2, 0) is 0 Å². The Bertz CT molecular complexity index is 995. The van der Waals surface area contributed by atoms with Crippen LogP contribution in [0, 0.1) is 11.7 Å². The van der Waals surface area contributed by atoms with Crippen LogP contribution in [0.25, 0.3) is 0 Å². The summed E-state index contributed by atoms with van der Waals surface area (Å²) in [5.74, 6) is 1.52. The molecule has 2 aliphatic rings. The van der Waals surface area contributed by atoms with Gasteiger partial charge in [-0.25, -0.2) is 14.4 Å². The number of hydrogen-bond acceptors (Lipinski definition) is 6. The summed E-state index contributed by atoms with van der Waals surface area (Å²) in [6.07, 6.45) is 10.9. The van der Waals surface area contributed by atoms with E-state index in [9.17, 15) is 9.18 Å². The Morgan fingerprint density at radius 2 is 2.03 bits per heavy atom. The molecule has 1 amide bonds. The van der Waals surface area contributed by atoms with Crippen LogP contribution in [0.4, 0.5) is 10.2 Å². The van der Waals surface area contributed by atoms with Crippen LogP contribution in [-0.4, -0.2) is 59.0 Å². The van der Waals surface area contributed by atoms with Crippen LogP contribution in [0.1, 0.15) is 69.7 Å². The minimum Gasteiger partial charge on any atom is -0.451 e. The summed E-state index contributed by atoms with van der Waals surface area (Å²) in [6.45, 7) is 9.10. The van der Waals surface area contributed by atoms with Gasteiger partial charge in [0, 0.05) is 31.7 Å². The molecule has 190 valence electrons. The molecule has 1 aromatic carbocycles. The molecular weight excluding hydrogens is 445 g/mol. The van der Waals surface area contributed by atoms with Crippen molar-refractivity contribution in [2.24, 2.45) is 5.92 Å². The Morgan fingerprint density at radius 3 is 2.77 bits per heavy atom. The number of ether oxygens (including phenoxy) is 1. The Kier molecular flexibility index (Phi) is 8.55. The standard InChI is InChI=1S/C27H38FN5O2/c1-4-33(19(2)3)27(34)23-14-21(28)10-11-24(23)35-25-16-29-18-31-26(25)32-13-12-22(17-32)30-15-20-8-6-5-7-9-20/h10-11,14,16,18-20,22,30H,4-9,12-13,15,17H2,1-3H3. The Labute approximate surface area is 208 Å². The van der Waals surface area contributed by atoms with E-state index in [1.165, 1.54) is 56.6 Å². The van der Waals surface area contributed by atoms with Crippen molar-refractivity contribution in [1.82, 2.24) is 20.2 Å². The molecule has 1 aliphatic carbocycles. The SMILES string of the molecule is CCN(C(=O)c1cc(F)ccc1Oc1cncnc1N1CCC(NCC2CCCCC2)C1)C(C)C. The highest BCUT2D eigenvalue weighted by atomic mass is 19.1. The maximum atomic E-state index is 14.1. The fourth-order valence-electron chi connectivity index (χ4n) is 5.24. The molecule has 4 rings (SSSR count). The van der Waals surface area contributed by atoms with Gasteiger partial charge in [0.2, 0.25) is 0 Å². The molecule has 1 unspecified atom stereocenters. The van der Waals surface area contributed by atoms with Crippen LogP contribution >= 0.6 is 0 Å². The van der Waals surface area contributed by atoms with E-state index in [4.69, 9.17) is 4.74 Å². The van der Waals surface area contributed by atoms with Gasteiger partial charge >= 0.3 is 0 Å². The predicted molar refractivity (Wildman–Crippen MR) is 136 cm³/mol. The van der Waals surface area contributed by atoms with Gasteiger partial charge in [-0.05, 0) is 70.7 Å². The van der Waals surface area contributed by atoms with Gasteiger partial charge in [0.05, 0.1) is 11.8 Å². The van der Waals surface area contributed by atoms with Crippen molar-refractivity contribution in [3.05, 3.63) is 42.1 Å². The molecule has 1 aliphatic heterocycles. The van der Waals surface area contributed by atoms with Crippen molar-refractivity contribution < 1.29 is 13.9 Å². The number of benzene rings is 1. The van der Waals surface area contributed by atoms with Crippen molar-refractivity contribution >= 4 is 11.7 Å². The van der Waals surface area contributed by atoms with Crippen LogP contribution in [0.2, 0.25) is 0 Å². The largest absolute Gasteiger partial charge is 0.451 e. The lowest BCUT2D eigenvalue weighted by molar-refractivity contribution is 0.0713. The summed E-state index contributed by atoms with van der Waals surface area (Å²) in [7, 11) is 0. The van der Waals surface area contributed by atoms with Gasteiger partial charge in [0.25, 0.3) is 5.91 Å². The van der Waals surface area contributed by atoms with Crippen molar-refractivity contribution in [1.29, 1.82) is 0 Å². The van der Waals surface area contributed by atoms with E-state index >= 15 is 0 Å². The molecule has 0 radical (unpaired) electrons. The first kappa shape index (κ1) is 25.4. The van der Waals surface area contributed by atoms with Crippen molar-refractivity contribution in [2.45, 2.75) is 71.4 Å². The molecule has 0 spiro atoms. The number of amides is 1. The first-order valence-electron chi connectivity index (χ1n) is 13.0. The van der Waals surface area contributed by atoms with Crippen molar-refractivity contribution in [3.8, 4) is 11.5 Å². The predicted octanol–water partition coefficient (Wildman–Crippen LogP) is 5.03. The quantitative estimate of drug-likeness (QED) is 0.540. The molecule has 8 heteroatoms. The summed E-state index contributed by atoms with van der Waals surface area (Å²) in [5, 5.41) is 3.76. The molecule has 2 aromatic rings.